The molecule has 2 aliphatic rings. The Morgan fingerprint density at radius 1 is 1.00 bits per heavy atom. The van der Waals surface area contributed by atoms with E-state index < -0.39 is 17.9 Å². The van der Waals surface area contributed by atoms with Crippen molar-refractivity contribution >= 4 is 17.7 Å². The molecule has 0 N–H and O–H groups in total. The number of rotatable bonds is 5. The monoisotopic (exact) mass is 436 g/mol. The summed E-state index contributed by atoms with van der Waals surface area (Å²) in [6.07, 6.45) is 0.651. The molecule has 2 aliphatic heterocycles. The summed E-state index contributed by atoms with van der Waals surface area (Å²) in [7, 11) is 3.18. The van der Waals surface area contributed by atoms with Crippen molar-refractivity contribution in [2.24, 2.45) is 5.92 Å². The minimum atomic E-state index is -0.869. The van der Waals surface area contributed by atoms with E-state index in [9.17, 15) is 14.4 Å². The number of ether oxygens (including phenoxy) is 2. The standard InChI is InChI=1S/C25H28N2O5/c1-14(2)22(27-23(28)17-8-6-7-9-18(17)24(27)29)25(30)26-11-10-16-12-20(31-4)21(32-5)13-19(16)15(26)3/h6-9,12-15,22H,10-11H2,1-5H3/t15-,22-/m0/s1. The number of nitrogens with zero attached hydrogens (tertiary/aromatic N) is 2. The maximum Gasteiger partial charge on any atom is 0.262 e. The molecule has 7 heteroatoms. The molecule has 0 saturated heterocycles. The predicted molar refractivity (Wildman–Crippen MR) is 119 cm³/mol. The second-order valence-corrected chi connectivity index (χ2v) is 8.58. The largest absolute Gasteiger partial charge is 0.493 e. The Morgan fingerprint density at radius 3 is 2.09 bits per heavy atom. The first kappa shape index (κ1) is 21.9. The summed E-state index contributed by atoms with van der Waals surface area (Å²) in [6.45, 7) is 6.18. The zero-order chi connectivity index (χ0) is 23.2. The number of amides is 3. The van der Waals surface area contributed by atoms with Gasteiger partial charge >= 0.3 is 0 Å². The van der Waals surface area contributed by atoms with Crippen LogP contribution in [0, 0.1) is 5.92 Å². The van der Waals surface area contributed by atoms with E-state index >= 15 is 0 Å². The summed E-state index contributed by atoms with van der Waals surface area (Å²) in [4.78, 5) is 42.9. The second-order valence-electron chi connectivity index (χ2n) is 8.58. The zero-order valence-electron chi connectivity index (χ0n) is 19.0. The molecule has 2 atom stereocenters. The summed E-state index contributed by atoms with van der Waals surface area (Å²) >= 11 is 0. The first-order chi connectivity index (χ1) is 15.3. The maximum atomic E-state index is 13.8. The Bertz CT molecular complexity index is 1060. The molecule has 7 nitrogen and oxygen atoms in total. The van der Waals surface area contributed by atoms with Crippen molar-refractivity contribution in [2.45, 2.75) is 39.3 Å². The van der Waals surface area contributed by atoms with Crippen LogP contribution in [0.25, 0.3) is 0 Å². The lowest BCUT2D eigenvalue weighted by Crippen LogP contribution is -2.55. The number of benzene rings is 2. The summed E-state index contributed by atoms with van der Waals surface area (Å²) in [5, 5.41) is 0. The van der Waals surface area contributed by atoms with Crippen LogP contribution in [0.5, 0.6) is 11.5 Å². The van der Waals surface area contributed by atoms with Gasteiger partial charge in [-0.2, -0.15) is 0 Å². The smallest absolute Gasteiger partial charge is 0.262 e. The summed E-state index contributed by atoms with van der Waals surface area (Å²) in [5.74, 6) is -0.00754. The fourth-order valence-corrected chi connectivity index (χ4v) is 4.77. The summed E-state index contributed by atoms with van der Waals surface area (Å²) in [5.41, 5.74) is 2.78. The highest BCUT2D eigenvalue weighted by molar-refractivity contribution is 6.22. The van der Waals surface area contributed by atoms with E-state index in [2.05, 4.69) is 0 Å². The Hall–Kier alpha value is -3.35. The topological polar surface area (TPSA) is 76.2 Å². The highest BCUT2D eigenvalue weighted by Crippen LogP contribution is 2.39. The quantitative estimate of drug-likeness (QED) is 0.671. The molecule has 0 saturated carbocycles. The number of carbonyl (C=O) groups is 3. The molecule has 0 fully saturated rings. The van der Waals surface area contributed by atoms with Crippen LogP contribution >= 0.6 is 0 Å². The third kappa shape index (κ3) is 3.32. The van der Waals surface area contributed by atoms with E-state index in [1.165, 1.54) is 0 Å². The van der Waals surface area contributed by atoms with E-state index in [4.69, 9.17) is 9.47 Å². The van der Waals surface area contributed by atoms with Gasteiger partial charge in [-0.15, -0.1) is 0 Å². The Labute approximate surface area is 187 Å². The SMILES string of the molecule is COc1cc2c(cc1OC)[C@H](C)N(C(=O)[C@H](C(C)C)N1C(=O)c3ccccc3C1=O)CC2. The molecule has 0 bridgehead atoms. The van der Waals surface area contributed by atoms with Crippen molar-refractivity contribution in [1.82, 2.24) is 9.80 Å². The van der Waals surface area contributed by atoms with Gasteiger partial charge in [0.05, 0.1) is 31.4 Å². The molecule has 2 aromatic carbocycles. The van der Waals surface area contributed by atoms with E-state index in [1.54, 1.807) is 43.4 Å². The van der Waals surface area contributed by atoms with E-state index in [0.717, 1.165) is 16.0 Å². The first-order valence-electron chi connectivity index (χ1n) is 10.8. The van der Waals surface area contributed by atoms with Crippen molar-refractivity contribution in [3.63, 3.8) is 0 Å². The third-order valence-electron chi connectivity index (χ3n) is 6.46. The highest BCUT2D eigenvalue weighted by Gasteiger charge is 2.46. The number of hydrogen-bond donors (Lipinski definition) is 0. The van der Waals surface area contributed by atoms with Crippen molar-refractivity contribution in [2.75, 3.05) is 20.8 Å². The molecular weight excluding hydrogens is 408 g/mol. The lowest BCUT2D eigenvalue weighted by molar-refractivity contribution is -0.139. The lowest BCUT2D eigenvalue weighted by Gasteiger charge is -2.40. The normalized spacial score (nSPS) is 18.5. The maximum absolute atomic E-state index is 13.8. The van der Waals surface area contributed by atoms with Crippen LogP contribution in [0.3, 0.4) is 0 Å². The van der Waals surface area contributed by atoms with Crippen molar-refractivity contribution in [3.8, 4) is 11.5 Å². The molecule has 0 unspecified atom stereocenters. The first-order valence-corrected chi connectivity index (χ1v) is 10.8. The van der Waals surface area contributed by atoms with Gasteiger partial charge < -0.3 is 14.4 Å². The molecule has 3 amide bonds. The molecular formula is C25H28N2O5. The van der Waals surface area contributed by atoms with Crippen molar-refractivity contribution < 1.29 is 23.9 Å². The van der Waals surface area contributed by atoms with Gasteiger partial charge in [0.15, 0.2) is 11.5 Å². The molecule has 0 aromatic heterocycles. The van der Waals surface area contributed by atoms with Gasteiger partial charge in [-0.3, -0.25) is 19.3 Å². The molecule has 4 rings (SSSR count). The minimum absolute atomic E-state index is 0.220. The molecule has 0 aliphatic carbocycles. The Balaban J connectivity index is 1.67. The van der Waals surface area contributed by atoms with E-state index in [0.29, 0.717) is 35.6 Å². The van der Waals surface area contributed by atoms with Gasteiger partial charge in [0.1, 0.15) is 6.04 Å². The molecule has 0 spiro atoms. The van der Waals surface area contributed by atoms with E-state index in [1.807, 2.05) is 32.9 Å². The molecule has 2 heterocycles. The molecule has 168 valence electrons. The van der Waals surface area contributed by atoms with E-state index in [-0.39, 0.29) is 17.9 Å². The van der Waals surface area contributed by atoms with Crippen LogP contribution in [0.1, 0.15) is 58.7 Å². The van der Waals surface area contributed by atoms with Gasteiger partial charge in [0.2, 0.25) is 5.91 Å². The molecule has 2 aromatic rings. The van der Waals surface area contributed by atoms with Crippen molar-refractivity contribution in [3.05, 3.63) is 58.7 Å². The minimum Gasteiger partial charge on any atom is -0.493 e. The average Bonchev–Trinajstić information content (AvgIpc) is 3.04. The third-order valence-corrected chi connectivity index (χ3v) is 6.46. The molecule has 0 radical (unpaired) electrons. The van der Waals surface area contributed by atoms with Gasteiger partial charge in [0, 0.05) is 6.54 Å². The van der Waals surface area contributed by atoms with Gasteiger partial charge in [-0.25, -0.2) is 0 Å². The second kappa shape index (κ2) is 8.30. The number of hydrogen-bond acceptors (Lipinski definition) is 5. The number of fused-ring (bicyclic) bond motifs is 2. The van der Waals surface area contributed by atoms with Crippen LogP contribution in [0.4, 0.5) is 0 Å². The van der Waals surface area contributed by atoms with Gasteiger partial charge in [0.25, 0.3) is 11.8 Å². The Morgan fingerprint density at radius 2 is 1.56 bits per heavy atom. The lowest BCUT2D eigenvalue weighted by atomic mass is 9.91. The van der Waals surface area contributed by atoms with Gasteiger partial charge in [-0.1, -0.05) is 26.0 Å². The summed E-state index contributed by atoms with van der Waals surface area (Å²) in [6, 6.07) is 9.49. The number of methoxy groups -OCH3 is 2. The number of imide groups is 1. The zero-order valence-corrected chi connectivity index (χ0v) is 19.0. The summed E-state index contributed by atoms with van der Waals surface area (Å²) < 4.78 is 10.9. The fraction of sp³-hybridized carbons (Fsp3) is 0.400. The van der Waals surface area contributed by atoms with Crippen LogP contribution in [0.2, 0.25) is 0 Å². The van der Waals surface area contributed by atoms with Crippen molar-refractivity contribution in [1.29, 1.82) is 0 Å². The average molecular weight is 437 g/mol. The molecule has 32 heavy (non-hydrogen) atoms. The predicted octanol–water partition coefficient (Wildman–Crippen LogP) is 3.47. The fourth-order valence-electron chi connectivity index (χ4n) is 4.77. The van der Waals surface area contributed by atoms with Crippen LogP contribution < -0.4 is 9.47 Å². The van der Waals surface area contributed by atoms with Gasteiger partial charge in [-0.05, 0) is 54.7 Å². The number of carbonyl (C=O) groups excluding carboxylic acids is 3. The van der Waals surface area contributed by atoms with Crippen LogP contribution in [-0.2, 0) is 11.2 Å². The van der Waals surface area contributed by atoms with Crippen LogP contribution in [0.15, 0.2) is 36.4 Å². The Kier molecular flexibility index (Phi) is 5.67. The highest BCUT2D eigenvalue weighted by atomic mass is 16.5. The van der Waals surface area contributed by atoms with Crippen LogP contribution in [-0.4, -0.2) is 54.3 Å².